The molecule has 220 valence electrons. The van der Waals surface area contributed by atoms with E-state index in [9.17, 15) is 19.0 Å². The Balaban J connectivity index is 1.39. The van der Waals surface area contributed by atoms with Gasteiger partial charge in [0.05, 0.1) is 25.9 Å². The van der Waals surface area contributed by atoms with Gasteiger partial charge in [0.15, 0.2) is 34.7 Å². The minimum atomic E-state index is -4.25. The molecule has 2 bridgehead atoms. The number of imidazole rings is 2. The number of anilines is 1. The Morgan fingerprint density at radius 1 is 1.17 bits per heavy atom. The van der Waals surface area contributed by atoms with Crippen LogP contribution >= 0.6 is 25.8 Å². The zero-order valence-corrected chi connectivity index (χ0v) is 23.9. The molecule has 4 aromatic heterocycles. The fourth-order valence-corrected chi connectivity index (χ4v) is 6.90. The number of hydrogen-bond donors (Lipinski definition) is 5. The van der Waals surface area contributed by atoms with E-state index in [4.69, 9.17) is 40.4 Å². The summed E-state index contributed by atoms with van der Waals surface area (Å²) in [5.41, 5.74) is 4.36. The molecule has 0 saturated carbocycles. The third-order valence-corrected chi connectivity index (χ3v) is 9.41. The minimum absolute atomic E-state index is 0.0337. The van der Waals surface area contributed by atoms with Gasteiger partial charge in [-0.15, -0.1) is 0 Å². The van der Waals surface area contributed by atoms with Crippen molar-refractivity contribution in [2.24, 2.45) is 0 Å². The van der Waals surface area contributed by atoms with Crippen molar-refractivity contribution < 1.29 is 36.7 Å². The van der Waals surface area contributed by atoms with Gasteiger partial charge in [-0.05, 0) is 11.8 Å². The summed E-state index contributed by atoms with van der Waals surface area (Å²) < 4.78 is 58.8. The zero-order valence-electron chi connectivity index (χ0n) is 20.4. The molecule has 6 atom stereocenters. The number of nitrogens with one attached hydrogen (secondary N) is 2. The van der Waals surface area contributed by atoms with Crippen LogP contribution in [0.1, 0.15) is 12.1 Å². The van der Waals surface area contributed by atoms with Crippen LogP contribution in [0.4, 0.5) is 10.3 Å². The highest BCUT2D eigenvalue weighted by molar-refractivity contribution is 8.44. The first-order valence-electron chi connectivity index (χ1n) is 11.6. The standard InChI is InChI=1S/C18H20FN9O9P2S2/c19-9-7-3-34-38(31,40)33-2-1-27-8(24-11-13(27)21-5-22-15(11)29)4-35-39(32,41)37-12(9)17(36-7)28-6-23-10-14(28)25-18(20)26-16(10)30/h5-7,9,12,17H,1-4H2,(H,31,40)(H,32,41)(H,21,22,29)(H3,20,25,26,30)/t7-,9-,12-,17-,38?,39?/m1/s1. The van der Waals surface area contributed by atoms with Crippen LogP contribution in [0.5, 0.6) is 0 Å². The van der Waals surface area contributed by atoms with Gasteiger partial charge in [-0.3, -0.25) is 32.7 Å². The maximum atomic E-state index is 15.8. The highest BCUT2D eigenvalue weighted by Gasteiger charge is 2.50. The molecule has 1 fully saturated rings. The molecule has 41 heavy (non-hydrogen) atoms. The Bertz CT molecular complexity index is 1860. The molecule has 0 spiro atoms. The van der Waals surface area contributed by atoms with E-state index in [2.05, 4.69) is 42.2 Å². The summed E-state index contributed by atoms with van der Waals surface area (Å²) in [6.07, 6.45) is -4.24. The van der Waals surface area contributed by atoms with Crippen LogP contribution in [-0.4, -0.2) is 75.5 Å². The quantitative estimate of drug-likeness (QED) is 0.137. The van der Waals surface area contributed by atoms with Crippen LogP contribution in [0.2, 0.25) is 0 Å². The molecule has 5 N–H and O–H groups in total. The van der Waals surface area contributed by atoms with Gasteiger partial charge in [0.2, 0.25) is 5.95 Å². The van der Waals surface area contributed by atoms with Crippen molar-refractivity contribution >= 4 is 65.8 Å². The number of nitrogens with two attached hydrogens (primary N) is 1. The lowest BCUT2D eigenvalue weighted by Gasteiger charge is -2.25. The molecular formula is C18H20FN9O9P2S2. The minimum Gasteiger partial charge on any atom is -0.369 e. The fraction of sp³-hybridized carbons (Fsp3) is 0.444. The average molecular weight is 651 g/mol. The number of aromatic amines is 2. The number of nitrogens with zero attached hydrogens (tertiary/aromatic N) is 6. The van der Waals surface area contributed by atoms with Crippen molar-refractivity contribution in [1.82, 2.24) is 39.0 Å². The third-order valence-electron chi connectivity index (χ3n) is 6.19. The average Bonchev–Trinajstić information content (AvgIpc) is 3.56. The van der Waals surface area contributed by atoms with Gasteiger partial charge in [0.1, 0.15) is 24.6 Å². The molecule has 4 aromatic rings. The normalized spacial score (nSPS) is 31.6. The topological polar surface area (TPSA) is 237 Å². The van der Waals surface area contributed by atoms with Crippen LogP contribution in [0.15, 0.2) is 22.2 Å². The zero-order chi connectivity index (χ0) is 29.1. The Labute approximate surface area is 237 Å². The second-order valence-electron chi connectivity index (χ2n) is 8.78. The van der Waals surface area contributed by atoms with E-state index in [1.165, 1.54) is 9.13 Å². The van der Waals surface area contributed by atoms with E-state index < -0.39 is 62.5 Å². The number of fused-ring (bicyclic) bond motifs is 6. The maximum Gasteiger partial charge on any atom is 0.386 e. The van der Waals surface area contributed by atoms with Crippen LogP contribution in [0.3, 0.4) is 0 Å². The van der Waals surface area contributed by atoms with E-state index in [0.29, 0.717) is 0 Å². The lowest BCUT2D eigenvalue weighted by atomic mass is 10.1. The molecule has 0 radical (unpaired) electrons. The SMILES string of the molecule is Nc1nc2c(ncn2[C@@H]2O[C@@H]3COP(=O)(S)OCCn4c(nc5c(=O)[nH]cnc54)COP(O)(=S)O[C@@H]2[C@@H]3F)c(=O)[nH]1. The van der Waals surface area contributed by atoms with E-state index in [0.717, 1.165) is 12.7 Å². The molecule has 2 unspecified atom stereocenters. The van der Waals surface area contributed by atoms with Gasteiger partial charge >= 0.3 is 13.5 Å². The number of thiol groups is 1. The highest BCUT2D eigenvalue weighted by Crippen LogP contribution is 2.55. The van der Waals surface area contributed by atoms with Crippen LogP contribution < -0.4 is 16.9 Å². The van der Waals surface area contributed by atoms with Gasteiger partial charge < -0.3 is 29.4 Å². The second-order valence-corrected chi connectivity index (χ2v) is 14.5. The Kier molecular flexibility index (Phi) is 7.38. The number of rotatable bonds is 1. The van der Waals surface area contributed by atoms with Crippen molar-refractivity contribution in [1.29, 1.82) is 0 Å². The van der Waals surface area contributed by atoms with Gasteiger partial charge in [-0.25, -0.2) is 23.9 Å². The van der Waals surface area contributed by atoms with Crippen molar-refractivity contribution in [3.63, 3.8) is 0 Å². The molecular weight excluding hydrogens is 631 g/mol. The number of aromatic nitrogens is 8. The van der Waals surface area contributed by atoms with Crippen molar-refractivity contribution in [2.75, 3.05) is 18.9 Å². The maximum absolute atomic E-state index is 15.8. The second kappa shape index (κ2) is 10.6. The number of halogens is 1. The summed E-state index contributed by atoms with van der Waals surface area (Å²) in [7, 11) is 0. The van der Waals surface area contributed by atoms with Gasteiger partial charge in [0.25, 0.3) is 11.1 Å². The number of nitrogen functional groups attached to an aromatic ring is 1. The molecule has 2 aliphatic heterocycles. The lowest BCUT2D eigenvalue weighted by Crippen LogP contribution is -2.32. The predicted octanol–water partition coefficient (Wildman–Crippen LogP) is 0.274. The molecule has 2 aliphatic rings. The van der Waals surface area contributed by atoms with E-state index in [-0.39, 0.29) is 47.3 Å². The smallest absolute Gasteiger partial charge is 0.369 e. The fourth-order valence-electron chi connectivity index (χ4n) is 4.41. The first-order chi connectivity index (χ1) is 19.4. The van der Waals surface area contributed by atoms with E-state index in [1.807, 2.05) is 0 Å². The highest BCUT2D eigenvalue weighted by atomic mass is 32.7. The molecule has 6 heterocycles. The van der Waals surface area contributed by atoms with Crippen LogP contribution in [0.25, 0.3) is 22.3 Å². The molecule has 0 aliphatic carbocycles. The molecule has 1 saturated heterocycles. The largest absolute Gasteiger partial charge is 0.386 e. The first-order valence-corrected chi connectivity index (χ1v) is 16.9. The number of ether oxygens (including phenoxy) is 1. The molecule has 23 heteroatoms. The van der Waals surface area contributed by atoms with Gasteiger partial charge in [-0.2, -0.15) is 4.98 Å². The summed E-state index contributed by atoms with van der Waals surface area (Å²) in [6.45, 7) is -9.70. The summed E-state index contributed by atoms with van der Waals surface area (Å²) in [4.78, 5) is 56.5. The number of hydrogen-bond acceptors (Lipinski definition) is 14. The van der Waals surface area contributed by atoms with Gasteiger partial charge in [0, 0.05) is 6.54 Å². The summed E-state index contributed by atoms with van der Waals surface area (Å²) in [6, 6.07) is 0. The lowest BCUT2D eigenvalue weighted by molar-refractivity contribution is -0.0455. The van der Waals surface area contributed by atoms with Crippen molar-refractivity contribution in [3.8, 4) is 0 Å². The van der Waals surface area contributed by atoms with Crippen LogP contribution in [-0.2, 0) is 52.4 Å². The number of H-pyrrole nitrogens is 2. The summed E-state index contributed by atoms with van der Waals surface area (Å²) in [5, 5.41) is 0. The molecule has 0 aromatic carbocycles. The molecule has 6 rings (SSSR count). The van der Waals surface area contributed by atoms with Crippen LogP contribution in [0, 0.1) is 0 Å². The summed E-state index contributed by atoms with van der Waals surface area (Å²) in [5.74, 6) is -0.163. The molecule has 0 amide bonds. The Morgan fingerprint density at radius 2 is 1.98 bits per heavy atom. The van der Waals surface area contributed by atoms with E-state index in [1.54, 1.807) is 0 Å². The monoisotopic (exact) mass is 651 g/mol. The molecule has 18 nitrogen and oxygen atoms in total. The third kappa shape index (κ3) is 5.50. The summed E-state index contributed by atoms with van der Waals surface area (Å²) >= 11 is 9.12. The first kappa shape index (κ1) is 28.5. The Hall–Kier alpha value is -2.58. The van der Waals surface area contributed by atoms with Gasteiger partial charge in [-0.1, -0.05) is 12.2 Å². The van der Waals surface area contributed by atoms with Crippen molar-refractivity contribution in [2.45, 2.75) is 37.8 Å². The Morgan fingerprint density at radius 3 is 2.78 bits per heavy atom. The predicted molar refractivity (Wildman–Crippen MR) is 144 cm³/mol. The number of alkyl halides is 1. The van der Waals surface area contributed by atoms with Crippen molar-refractivity contribution in [3.05, 3.63) is 39.2 Å². The van der Waals surface area contributed by atoms with E-state index >= 15 is 4.39 Å².